The van der Waals surface area contributed by atoms with E-state index in [1.165, 1.54) is 64.0 Å². The second kappa shape index (κ2) is 6.19. The van der Waals surface area contributed by atoms with Crippen molar-refractivity contribution in [1.82, 2.24) is 9.80 Å². The zero-order valence-electron chi connectivity index (χ0n) is 14.5. The predicted molar refractivity (Wildman–Crippen MR) is 93.8 cm³/mol. The monoisotopic (exact) mass is 314 g/mol. The van der Waals surface area contributed by atoms with Gasteiger partial charge < -0.3 is 14.5 Å². The molecule has 3 saturated heterocycles. The first-order valence-corrected chi connectivity index (χ1v) is 9.24. The van der Waals surface area contributed by atoms with Crippen LogP contribution < -0.4 is 0 Å². The van der Waals surface area contributed by atoms with Crippen LogP contribution in [-0.4, -0.2) is 62.8 Å². The highest BCUT2D eigenvalue weighted by atomic mass is 16.5. The lowest BCUT2D eigenvalue weighted by atomic mass is 9.75. The van der Waals surface area contributed by atoms with Crippen molar-refractivity contribution in [2.24, 2.45) is 5.41 Å². The summed E-state index contributed by atoms with van der Waals surface area (Å²) in [7, 11) is 2.28. The average molecular weight is 314 g/mol. The maximum absolute atomic E-state index is 5.83. The molecule has 4 rings (SSSR count). The van der Waals surface area contributed by atoms with Crippen LogP contribution in [-0.2, 0) is 10.2 Å². The molecule has 0 bridgehead atoms. The van der Waals surface area contributed by atoms with E-state index in [1.54, 1.807) is 0 Å². The summed E-state index contributed by atoms with van der Waals surface area (Å²) in [6, 6.07) is 11.1. The van der Waals surface area contributed by atoms with E-state index < -0.39 is 0 Å². The molecule has 0 N–H and O–H groups in total. The Balaban J connectivity index is 1.43. The second-order valence-electron chi connectivity index (χ2n) is 8.21. The number of nitrogens with zero attached hydrogens (tertiary/aromatic N) is 2. The molecule has 126 valence electrons. The summed E-state index contributed by atoms with van der Waals surface area (Å²) < 4.78 is 5.83. The van der Waals surface area contributed by atoms with Gasteiger partial charge in [-0.05, 0) is 63.3 Å². The number of ether oxygens (including phenoxy) is 1. The van der Waals surface area contributed by atoms with E-state index in [0.29, 0.717) is 5.41 Å². The normalized spacial score (nSPS) is 31.9. The minimum atomic E-state index is 0.220. The second-order valence-corrected chi connectivity index (χ2v) is 8.21. The Hall–Kier alpha value is -0.900. The van der Waals surface area contributed by atoms with E-state index in [0.717, 1.165) is 13.2 Å². The van der Waals surface area contributed by atoms with Gasteiger partial charge in [0.2, 0.25) is 0 Å². The largest absolute Gasteiger partial charge is 0.380 e. The number of piperidine rings is 1. The quantitative estimate of drug-likeness (QED) is 0.853. The smallest absolute Gasteiger partial charge is 0.0576 e. The topological polar surface area (TPSA) is 15.7 Å². The molecule has 1 aromatic carbocycles. The summed E-state index contributed by atoms with van der Waals surface area (Å²) >= 11 is 0. The van der Waals surface area contributed by atoms with Gasteiger partial charge in [-0.1, -0.05) is 30.3 Å². The van der Waals surface area contributed by atoms with Crippen molar-refractivity contribution in [2.75, 3.05) is 53.0 Å². The Morgan fingerprint density at radius 1 is 1.00 bits per heavy atom. The fourth-order valence-electron chi connectivity index (χ4n) is 5.02. The maximum atomic E-state index is 5.83. The third-order valence-electron chi connectivity index (χ3n) is 6.56. The molecule has 3 heteroatoms. The van der Waals surface area contributed by atoms with Gasteiger partial charge in [0, 0.05) is 25.1 Å². The van der Waals surface area contributed by atoms with Crippen LogP contribution >= 0.6 is 0 Å². The molecule has 23 heavy (non-hydrogen) atoms. The van der Waals surface area contributed by atoms with Gasteiger partial charge >= 0.3 is 0 Å². The van der Waals surface area contributed by atoms with Gasteiger partial charge in [-0.25, -0.2) is 0 Å². The minimum absolute atomic E-state index is 0.220. The zero-order chi connectivity index (χ0) is 15.8. The first kappa shape index (κ1) is 15.6. The lowest BCUT2D eigenvalue weighted by Crippen LogP contribution is -2.47. The molecule has 0 aromatic heterocycles. The third-order valence-corrected chi connectivity index (χ3v) is 6.56. The lowest BCUT2D eigenvalue weighted by molar-refractivity contribution is 0.0840. The molecule has 0 aliphatic carbocycles. The molecule has 1 unspecified atom stereocenters. The summed E-state index contributed by atoms with van der Waals surface area (Å²) in [5.74, 6) is 0. The summed E-state index contributed by atoms with van der Waals surface area (Å²) in [5.41, 5.74) is 2.31. The highest BCUT2D eigenvalue weighted by Crippen LogP contribution is 2.41. The molecule has 3 aliphatic heterocycles. The SMILES string of the molecule is CN1CCC2(CCN(CC3(c4ccccc4)CCOC3)CC2)C1. The van der Waals surface area contributed by atoms with Crippen LogP contribution in [0.15, 0.2) is 30.3 Å². The van der Waals surface area contributed by atoms with Crippen LogP contribution in [0.3, 0.4) is 0 Å². The van der Waals surface area contributed by atoms with E-state index in [4.69, 9.17) is 4.74 Å². The Morgan fingerprint density at radius 3 is 2.35 bits per heavy atom. The standard InChI is InChI=1S/C20H30N2O/c1-21-11-7-19(15-21)8-12-22(13-9-19)16-20(10-14-23-17-20)18-5-3-2-4-6-18/h2-6H,7-17H2,1H3. The first-order chi connectivity index (χ1) is 11.2. The average Bonchev–Trinajstić information content (AvgIpc) is 3.19. The predicted octanol–water partition coefficient (Wildman–Crippen LogP) is 2.76. The van der Waals surface area contributed by atoms with Crippen LogP contribution in [0.5, 0.6) is 0 Å². The molecule has 3 aliphatic rings. The number of hydrogen-bond donors (Lipinski definition) is 0. The Morgan fingerprint density at radius 2 is 1.74 bits per heavy atom. The van der Waals surface area contributed by atoms with Gasteiger partial charge in [0.25, 0.3) is 0 Å². The zero-order valence-corrected chi connectivity index (χ0v) is 14.5. The van der Waals surface area contributed by atoms with Crippen molar-refractivity contribution < 1.29 is 4.74 Å². The highest BCUT2D eigenvalue weighted by molar-refractivity contribution is 5.27. The van der Waals surface area contributed by atoms with Gasteiger partial charge in [0.1, 0.15) is 0 Å². The van der Waals surface area contributed by atoms with Gasteiger partial charge in [0.05, 0.1) is 6.61 Å². The van der Waals surface area contributed by atoms with Crippen molar-refractivity contribution in [3.8, 4) is 0 Å². The Kier molecular flexibility index (Phi) is 4.21. The van der Waals surface area contributed by atoms with Gasteiger partial charge in [-0.3, -0.25) is 0 Å². The molecule has 1 spiro atoms. The molecule has 3 nitrogen and oxygen atoms in total. The summed E-state index contributed by atoms with van der Waals surface area (Å²) in [4.78, 5) is 5.23. The molecule has 0 saturated carbocycles. The van der Waals surface area contributed by atoms with E-state index >= 15 is 0 Å². The minimum Gasteiger partial charge on any atom is -0.380 e. The van der Waals surface area contributed by atoms with E-state index in [9.17, 15) is 0 Å². The van der Waals surface area contributed by atoms with Crippen molar-refractivity contribution >= 4 is 0 Å². The van der Waals surface area contributed by atoms with Gasteiger partial charge in [0.15, 0.2) is 0 Å². The van der Waals surface area contributed by atoms with E-state index in [1.807, 2.05) is 0 Å². The third kappa shape index (κ3) is 3.07. The van der Waals surface area contributed by atoms with E-state index in [-0.39, 0.29) is 5.41 Å². The number of likely N-dealkylation sites (tertiary alicyclic amines) is 2. The molecule has 0 amide bonds. The number of hydrogen-bond acceptors (Lipinski definition) is 3. The molecule has 3 fully saturated rings. The molecular weight excluding hydrogens is 284 g/mol. The van der Waals surface area contributed by atoms with E-state index in [2.05, 4.69) is 47.2 Å². The fourth-order valence-corrected chi connectivity index (χ4v) is 5.02. The summed E-state index contributed by atoms with van der Waals surface area (Å²) in [6.07, 6.45) is 5.33. The van der Waals surface area contributed by atoms with Crippen molar-refractivity contribution in [1.29, 1.82) is 0 Å². The number of rotatable bonds is 3. The van der Waals surface area contributed by atoms with Crippen molar-refractivity contribution in [3.05, 3.63) is 35.9 Å². The molecule has 0 radical (unpaired) electrons. The molecule has 1 atom stereocenters. The van der Waals surface area contributed by atoms with Crippen molar-refractivity contribution in [3.63, 3.8) is 0 Å². The summed E-state index contributed by atoms with van der Waals surface area (Å²) in [6.45, 7) is 8.11. The fraction of sp³-hybridized carbons (Fsp3) is 0.700. The van der Waals surface area contributed by atoms with Gasteiger partial charge in [-0.15, -0.1) is 0 Å². The molecule has 3 heterocycles. The molecule has 1 aromatic rings. The first-order valence-electron chi connectivity index (χ1n) is 9.24. The molecular formula is C20H30N2O. The summed E-state index contributed by atoms with van der Waals surface area (Å²) in [5, 5.41) is 0. The van der Waals surface area contributed by atoms with Crippen LogP contribution in [0.2, 0.25) is 0 Å². The Labute approximate surface area is 140 Å². The maximum Gasteiger partial charge on any atom is 0.0576 e. The van der Waals surface area contributed by atoms with Crippen LogP contribution in [0.4, 0.5) is 0 Å². The van der Waals surface area contributed by atoms with Gasteiger partial charge in [-0.2, -0.15) is 0 Å². The Bertz CT molecular complexity index is 516. The van der Waals surface area contributed by atoms with Crippen LogP contribution in [0, 0.1) is 5.41 Å². The number of benzene rings is 1. The lowest BCUT2D eigenvalue weighted by Gasteiger charge is -2.42. The van der Waals surface area contributed by atoms with Crippen molar-refractivity contribution in [2.45, 2.75) is 31.1 Å². The highest BCUT2D eigenvalue weighted by Gasteiger charge is 2.43. The van der Waals surface area contributed by atoms with Crippen LogP contribution in [0.1, 0.15) is 31.2 Å². The van der Waals surface area contributed by atoms with Crippen LogP contribution in [0.25, 0.3) is 0 Å².